The predicted octanol–water partition coefficient (Wildman–Crippen LogP) is 2.05. The molecule has 14 heavy (non-hydrogen) atoms. The van der Waals surface area contributed by atoms with Crippen molar-refractivity contribution >= 4 is 0 Å². The van der Waals surface area contributed by atoms with Gasteiger partial charge in [0.15, 0.2) is 0 Å². The Morgan fingerprint density at radius 3 is 2.50 bits per heavy atom. The molecule has 1 rings (SSSR count). The molecular formula is C11H18N2O. The van der Waals surface area contributed by atoms with E-state index in [0.29, 0.717) is 11.8 Å². The molecule has 0 aliphatic heterocycles. The normalized spacial score (nSPS) is 13.0. The molecule has 0 unspecified atom stereocenters. The molecule has 0 spiro atoms. The minimum Gasteiger partial charge on any atom is -0.481 e. The fourth-order valence-corrected chi connectivity index (χ4v) is 1.36. The second-order valence-corrected chi connectivity index (χ2v) is 3.85. The lowest BCUT2D eigenvalue weighted by Crippen LogP contribution is -2.18. The van der Waals surface area contributed by atoms with Crippen LogP contribution in [0.25, 0.3) is 0 Å². The molecule has 2 N–H and O–H groups in total. The summed E-state index contributed by atoms with van der Waals surface area (Å²) in [6.07, 6.45) is 1.80. The van der Waals surface area contributed by atoms with Crippen LogP contribution in [0.15, 0.2) is 12.3 Å². The van der Waals surface area contributed by atoms with Crippen molar-refractivity contribution in [1.82, 2.24) is 4.98 Å². The summed E-state index contributed by atoms with van der Waals surface area (Å²) in [6.45, 7) is 6.24. The van der Waals surface area contributed by atoms with Crippen molar-refractivity contribution in [2.45, 2.75) is 26.8 Å². The van der Waals surface area contributed by atoms with Crippen molar-refractivity contribution in [3.8, 4) is 5.88 Å². The van der Waals surface area contributed by atoms with Gasteiger partial charge in [0, 0.05) is 18.3 Å². The molecule has 0 saturated heterocycles. The van der Waals surface area contributed by atoms with Crippen LogP contribution >= 0.6 is 0 Å². The number of nitrogens with zero attached hydrogens (tertiary/aromatic N) is 1. The monoisotopic (exact) mass is 194 g/mol. The summed E-state index contributed by atoms with van der Waals surface area (Å²) >= 11 is 0. The van der Waals surface area contributed by atoms with Crippen LogP contribution in [-0.4, -0.2) is 12.1 Å². The van der Waals surface area contributed by atoms with Gasteiger partial charge in [0.1, 0.15) is 0 Å². The zero-order chi connectivity index (χ0) is 10.7. The number of aromatic nitrogens is 1. The lowest BCUT2D eigenvalue weighted by Gasteiger charge is -2.18. The average Bonchev–Trinajstić information content (AvgIpc) is 2.16. The Morgan fingerprint density at radius 1 is 1.43 bits per heavy atom. The molecule has 0 aliphatic rings. The predicted molar refractivity (Wildman–Crippen MR) is 57.3 cm³/mol. The van der Waals surface area contributed by atoms with Gasteiger partial charge < -0.3 is 10.5 Å². The number of aryl methyl sites for hydroxylation is 1. The Hall–Kier alpha value is -1.09. The van der Waals surface area contributed by atoms with Gasteiger partial charge in [0.05, 0.1) is 7.11 Å². The number of rotatable bonds is 3. The summed E-state index contributed by atoms with van der Waals surface area (Å²) in [5.41, 5.74) is 8.28. The molecule has 1 heterocycles. The van der Waals surface area contributed by atoms with Crippen LogP contribution in [0.2, 0.25) is 0 Å². The van der Waals surface area contributed by atoms with Crippen LogP contribution in [0.3, 0.4) is 0 Å². The van der Waals surface area contributed by atoms with Crippen molar-refractivity contribution < 1.29 is 4.74 Å². The smallest absolute Gasteiger partial charge is 0.213 e. The van der Waals surface area contributed by atoms with Crippen molar-refractivity contribution in [3.63, 3.8) is 0 Å². The highest BCUT2D eigenvalue weighted by molar-refractivity contribution is 5.30. The van der Waals surface area contributed by atoms with Crippen LogP contribution < -0.4 is 10.5 Å². The number of ether oxygens (including phenoxy) is 1. The first kappa shape index (κ1) is 11.0. The van der Waals surface area contributed by atoms with E-state index in [-0.39, 0.29) is 6.04 Å². The van der Waals surface area contributed by atoms with E-state index in [4.69, 9.17) is 10.5 Å². The van der Waals surface area contributed by atoms with Crippen LogP contribution in [-0.2, 0) is 0 Å². The van der Waals surface area contributed by atoms with E-state index >= 15 is 0 Å². The maximum Gasteiger partial charge on any atom is 0.213 e. The van der Waals surface area contributed by atoms with Crippen LogP contribution in [0.1, 0.15) is 31.0 Å². The molecule has 0 bridgehead atoms. The molecule has 78 valence electrons. The number of nitrogens with two attached hydrogens (primary N) is 1. The number of pyridine rings is 1. The highest BCUT2D eigenvalue weighted by Crippen LogP contribution is 2.23. The molecule has 0 saturated carbocycles. The van der Waals surface area contributed by atoms with E-state index in [2.05, 4.69) is 18.8 Å². The molecule has 0 radical (unpaired) electrons. The second kappa shape index (κ2) is 4.42. The Kier molecular flexibility index (Phi) is 3.47. The minimum atomic E-state index is 0.0495. The highest BCUT2D eigenvalue weighted by atomic mass is 16.5. The zero-order valence-electron chi connectivity index (χ0n) is 9.24. The topological polar surface area (TPSA) is 48.1 Å². The van der Waals surface area contributed by atoms with Gasteiger partial charge in [-0.15, -0.1) is 0 Å². The molecule has 1 aromatic rings. The van der Waals surface area contributed by atoms with Gasteiger partial charge in [-0.1, -0.05) is 13.8 Å². The molecule has 0 amide bonds. The lowest BCUT2D eigenvalue weighted by atomic mass is 9.95. The molecule has 1 atom stereocenters. The van der Waals surface area contributed by atoms with Crippen LogP contribution in [0, 0.1) is 12.8 Å². The summed E-state index contributed by atoms with van der Waals surface area (Å²) in [5.74, 6) is 1.06. The summed E-state index contributed by atoms with van der Waals surface area (Å²) in [5, 5.41) is 0. The van der Waals surface area contributed by atoms with Gasteiger partial charge in [0.2, 0.25) is 5.88 Å². The third kappa shape index (κ3) is 2.23. The van der Waals surface area contributed by atoms with Gasteiger partial charge in [-0.3, -0.25) is 0 Å². The maximum atomic E-state index is 6.05. The molecule has 3 heteroatoms. The van der Waals surface area contributed by atoms with E-state index in [1.165, 1.54) is 0 Å². The fraction of sp³-hybridized carbons (Fsp3) is 0.545. The number of hydrogen-bond acceptors (Lipinski definition) is 3. The quantitative estimate of drug-likeness (QED) is 0.801. The fourth-order valence-electron chi connectivity index (χ4n) is 1.36. The van der Waals surface area contributed by atoms with Gasteiger partial charge >= 0.3 is 0 Å². The third-order valence-electron chi connectivity index (χ3n) is 2.41. The SMILES string of the molecule is COc1cc(C)c([C@H](N)C(C)C)cn1. The number of hydrogen-bond donors (Lipinski definition) is 1. The van der Waals surface area contributed by atoms with E-state index in [0.717, 1.165) is 11.1 Å². The van der Waals surface area contributed by atoms with Gasteiger partial charge in [-0.2, -0.15) is 0 Å². The number of methoxy groups -OCH3 is 1. The van der Waals surface area contributed by atoms with E-state index in [1.807, 2.05) is 13.0 Å². The molecule has 3 nitrogen and oxygen atoms in total. The third-order valence-corrected chi connectivity index (χ3v) is 2.41. The first-order valence-electron chi connectivity index (χ1n) is 4.82. The first-order chi connectivity index (χ1) is 6.56. The van der Waals surface area contributed by atoms with Crippen LogP contribution in [0.5, 0.6) is 5.88 Å². The Morgan fingerprint density at radius 2 is 2.07 bits per heavy atom. The Balaban J connectivity index is 2.99. The lowest BCUT2D eigenvalue weighted by molar-refractivity contribution is 0.396. The van der Waals surface area contributed by atoms with Crippen molar-refractivity contribution in [2.75, 3.05) is 7.11 Å². The largest absolute Gasteiger partial charge is 0.481 e. The minimum absolute atomic E-state index is 0.0495. The van der Waals surface area contributed by atoms with Gasteiger partial charge in [0.25, 0.3) is 0 Å². The van der Waals surface area contributed by atoms with Crippen LogP contribution in [0.4, 0.5) is 0 Å². The first-order valence-corrected chi connectivity index (χ1v) is 4.82. The van der Waals surface area contributed by atoms with Crippen molar-refractivity contribution in [3.05, 3.63) is 23.4 Å². The summed E-state index contributed by atoms with van der Waals surface area (Å²) in [6, 6.07) is 1.96. The molecule has 1 aromatic heterocycles. The Bertz CT molecular complexity index is 310. The Labute approximate surface area is 85.3 Å². The standard InChI is InChI=1S/C11H18N2O/c1-7(2)11(12)9-6-13-10(14-4)5-8(9)3/h5-7,11H,12H2,1-4H3/t11-/m1/s1. The average molecular weight is 194 g/mol. The summed E-state index contributed by atoms with van der Waals surface area (Å²) in [4.78, 5) is 4.16. The molecule has 0 aromatic carbocycles. The second-order valence-electron chi connectivity index (χ2n) is 3.85. The summed E-state index contributed by atoms with van der Waals surface area (Å²) < 4.78 is 5.04. The molecular weight excluding hydrogens is 176 g/mol. The van der Waals surface area contributed by atoms with Gasteiger partial charge in [-0.25, -0.2) is 4.98 Å². The maximum absolute atomic E-state index is 6.05. The summed E-state index contributed by atoms with van der Waals surface area (Å²) in [7, 11) is 1.61. The zero-order valence-corrected chi connectivity index (χ0v) is 9.24. The highest BCUT2D eigenvalue weighted by Gasteiger charge is 2.13. The van der Waals surface area contributed by atoms with Gasteiger partial charge in [-0.05, 0) is 24.0 Å². The van der Waals surface area contributed by atoms with E-state index in [9.17, 15) is 0 Å². The molecule has 0 aliphatic carbocycles. The van der Waals surface area contributed by atoms with E-state index in [1.54, 1.807) is 13.3 Å². The molecule has 0 fully saturated rings. The van der Waals surface area contributed by atoms with Crippen molar-refractivity contribution in [2.24, 2.45) is 11.7 Å². The van der Waals surface area contributed by atoms with E-state index < -0.39 is 0 Å². The van der Waals surface area contributed by atoms with Crippen molar-refractivity contribution in [1.29, 1.82) is 0 Å².